The van der Waals surface area contributed by atoms with Gasteiger partial charge in [0.05, 0.1) is 4.75 Å². The van der Waals surface area contributed by atoms with Crippen LogP contribution in [-0.2, 0) is 16.6 Å². The van der Waals surface area contributed by atoms with E-state index in [1.807, 2.05) is 11.4 Å². The third-order valence-corrected chi connectivity index (χ3v) is 5.98. The second-order valence-electron chi connectivity index (χ2n) is 4.13. The summed E-state index contributed by atoms with van der Waals surface area (Å²) < 4.78 is 26.2. The first-order chi connectivity index (χ1) is 6.74. The summed E-state index contributed by atoms with van der Waals surface area (Å²) in [6.07, 6.45) is 0. The summed E-state index contributed by atoms with van der Waals surface area (Å²) in [7, 11) is -3.25. The Bertz CT molecular complexity index is 431. The highest BCUT2D eigenvalue weighted by atomic mass is 79.9. The van der Waals surface area contributed by atoms with Crippen molar-refractivity contribution in [2.24, 2.45) is 0 Å². The maximum absolute atomic E-state index is 11.7. The number of hydrogen-bond donors (Lipinski definition) is 1. The van der Waals surface area contributed by atoms with Crippen LogP contribution in [0.4, 0.5) is 0 Å². The zero-order valence-corrected chi connectivity index (χ0v) is 12.1. The van der Waals surface area contributed by atoms with Gasteiger partial charge >= 0.3 is 0 Å². The average molecular weight is 312 g/mol. The number of sulfonamides is 1. The summed E-state index contributed by atoms with van der Waals surface area (Å²) in [6, 6.07) is 1.91. The van der Waals surface area contributed by atoms with Crippen LogP contribution in [0.1, 0.15) is 25.6 Å². The maximum Gasteiger partial charge on any atom is 0.216 e. The summed E-state index contributed by atoms with van der Waals surface area (Å²) in [5.41, 5.74) is 0. The van der Waals surface area contributed by atoms with Crippen LogP contribution in [0.15, 0.2) is 15.9 Å². The van der Waals surface area contributed by atoms with Crippen LogP contribution in [0.5, 0.6) is 0 Å². The normalized spacial score (nSPS) is 13.1. The van der Waals surface area contributed by atoms with Gasteiger partial charge in [0.1, 0.15) is 0 Å². The topological polar surface area (TPSA) is 46.2 Å². The van der Waals surface area contributed by atoms with Crippen molar-refractivity contribution in [3.63, 3.8) is 0 Å². The number of hydrogen-bond acceptors (Lipinski definition) is 3. The van der Waals surface area contributed by atoms with Crippen molar-refractivity contribution in [1.29, 1.82) is 0 Å². The number of nitrogens with one attached hydrogen (secondary N) is 1. The van der Waals surface area contributed by atoms with E-state index in [-0.39, 0.29) is 0 Å². The zero-order valence-electron chi connectivity index (χ0n) is 8.87. The SMILES string of the molecule is CC(C)(C)S(=O)(=O)NCc1sccc1Br. The fourth-order valence-corrected chi connectivity index (χ4v) is 3.12. The zero-order chi connectivity index (χ0) is 11.7. The molecular formula is C9H14BrNO2S2. The van der Waals surface area contributed by atoms with E-state index in [9.17, 15) is 8.42 Å². The van der Waals surface area contributed by atoms with Crippen LogP contribution in [-0.4, -0.2) is 13.2 Å². The predicted molar refractivity (Wildman–Crippen MR) is 67.5 cm³/mol. The lowest BCUT2D eigenvalue weighted by Crippen LogP contribution is -2.38. The second-order valence-corrected chi connectivity index (χ2v) is 8.50. The van der Waals surface area contributed by atoms with Crippen molar-refractivity contribution in [1.82, 2.24) is 4.72 Å². The van der Waals surface area contributed by atoms with Crippen molar-refractivity contribution < 1.29 is 8.42 Å². The van der Waals surface area contributed by atoms with Gasteiger partial charge < -0.3 is 0 Å². The van der Waals surface area contributed by atoms with Crippen molar-refractivity contribution in [2.75, 3.05) is 0 Å². The fourth-order valence-electron chi connectivity index (χ4n) is 0.828. The third-order valence-electron chi connectivity index (χ3n) is 1.92. The highest BCUT2D eigenvalue weighted by Crippen LogP contribution is 2.23. The molecule has 0 bridgehead atoms. The van der Waals surface area contributed by atoms with E-state index in [0.717, 1.165) is 9.35 Å². The highest BCUT2D eigenvalue weighted by Gasteiger charge is 2.28. The molecule has 86 valence electrons. The molecule has 0 saturated carbocycles. The Labute approximate surface area is 103 Å². The summed E-state index contributed by atoms with van der Waals surface area (Å²) in [4.78, 5) is 0.989. The van der Waals surface area contributed by atoms with Crippen molar-refractivity contribution >= 4 is 37.3 Å². The molecule has 0 amide bonds. The molecule has 0 aliphatic heterocycles. The van der Waals surface area contributed by atoms with Gasteiger partial charge in [0.25, 0.3) is 0 Å². The van der Waals surface area contributed by atoms with E-state index in [4.69, 9.17) is 0 Å². The van der Waals surface area contributed by atoms with Gasteiger partial charge in [-0.2, -0.15) is 0 Å². The van der Waals surface area contributed by atoms with Crippen molar-refractivity contribution in [3.8, 4) is 0 Å². The molecule has 0 aromatic carbocycles. The van der Waals surface area contributed by atoms with Gasteiger partial charge in [-0.25, -0.2) is 13.1 Å². The minimum atomic E-state index is -3.25. The van der Waals surface area contributed by atoms with E-state index in [2.05, 4.69) is 20.7 Å². The molecule has 0 saturated heterocycles. The van der Waals surface area contributed by atoms with Gasteiger partial charge in [0.2, 0.25) is 10.0 Å². The standard InChI is InChI=1S/C9H14BrNO2S2/c1-9(2,3)15(12,13)11-6-8-7(10)4-5-14-8/h4-5,11H,6H2,1-3H3. The Kier molecular flexibility index (Phi) is 3.97. The average Bonchev–Trinajstić information content (AvgIpc) is 2.46. The first kappa shape index (κ1) is 13.2. The van der Waals surface area contributed by atoms with Crippen molar-refractivity contribution in [2.45, 2.75) is 32.1 Å². The molecule has 0 aliphatic rings. The van der Waals surface area contributed by atoms with Crippen LogP contribution in [0.2, 0.25) is 0 Å². The lowest BCUT2D eigenvalue weighted by Gasteiger charge is -2.19. The molecule has 0 spiro atoms. The first-order valence-electron chi connectivity index (χ1n) is 4.45. The number of halogens is 1. The van der Waals surface area contributed by atoms with Crippen LogP contribution in [0, 0.1) is 0 Å². The van der Waals surface area contributed by atoms with E-state index < -0.39 is 14.8 Å². The molecule has 0 aliphatic carbocycles. The maximum atomic E-state index is 11.7. The van der Waals surface area contributed by atoms with E-state index >= 15 is 0 Å². The molecule has 0 fully saturated rings. The highest BCUT2D eigenvalue weighted by molar-refractivity contribution is 9.10. The van der Waals surface area contributed by atoms with Crippen LogP contribution >= 0.6 is 27.3 Å². The van der Waals surface area contributed by atoms with Crippen LogP contribution in [0.3, 0.4) is 0 Å². The minimum Gasteiger partial charge on any atom is -0.212 e. The van der Waals surface area contributed by atoms with Gasteiger partial charge in [-0.15, -0.1) is 11.3 Å². The van der Waals surface area contributed by atoms with Gasteiger partial charge in [0.15, 0.2) is 0 Å². The molecular weight excluding hydrogens is 298 g/mol. The Morgan fingerprint density at radius 2 is 2.07 bits per heavy atom. The van der Waals surface area contributed by atoms with Gasteiger partial charge in [-0.05, 0) is 48.1 Å². The third kappa shape index (κ3) is 3.27. The fraction of sp³-hybridized carbons (Fsp3) is 0.556. The Morgan fingerprint density at radius 1 is 1.47 bits per heavy atom. The Hall–Kier alpha value is 0.0900. The Morgan fingerprint density at radius 3 is 2.47 bits per heavy atom. The molecule has 0 atom stereocenters. The molecule has 1 N–H and O–H groups in total. The predicted octanol–water partition coefficient (Wildman–Crippen LogP) is 2.73. The second kappa shape index (κ2) is 4.53. The van der Waals surface area contributed by atoms with Crippen LogP contribution < -0.4 is 4.72 Å². The minimum absolute atomic E-state index is 0.345. The molecule has 15 heavy (non-hydrogen) atoms. The van der Waals surface area contributed by atoms with Gasteiger partial charge in [-0.3, -0.25) is 0 Å². The summed E-state index contributed by atoms with van der Waals surface area (Å²) in [6.45, 7) is 5.38. The smallest absolute Gasteiger partial charge is 0.212 e. The molecule has 0 radical (unpaired) electrons. The molecule has 1 aromatic heterocycles. The van der Waals surface area contributed by atoms with Gasteiger partial charge in [-0.1, -0.05) is 0 Å². The number of thiophene rings is 1. The lowest BCUT2D eigenvalue weighted by molar-refractivity contribution is 0.545. The van der Waals surface area contributed by atoms with Crippen molar-refractivity contribution in [3.05, 3.63) is 20.8 Å². The molecule has 3 nitrogen and oxygen atoms in total. The van der Waals surface area contributed by atoms with E-state index in [1.54, 1.807) is 20.8 Å². The molecule has 6 heteroatoms. The number of rotatable bonds is 3. The van der Waals surface area contributed by atoms with Gasteiger partial charge in [0, 0.05) is 15.9 Å². The summed E-state index contributed by atoms with van der Waals surface area (Å²) in [5.74, 6) is 0. The monoisotopic (exact) mass is 311 g/mol. The van der Waals surface area contributed by atoms with E-state index in [0.29, 0.717) is 6.54 Å². The molecule has 1 rings (SSSR count). The van der Waals surface area contributed by atoms with E-state index in [1.165, 1.54) is 11.3 Å². The molecule has 1 heterocycles. The quantitative estimate of drug-likeness (QED) is 0.933. The van der Waals surface area contributed by atoms with Crippen LogP contribution in [0.25, 0.3) is 0 Å². The summed E-state index contributed by atoms with van der Waals surface area (Å²) >= 11 is 4.89. The molecule has 0 unspecified atom stereocenters. The first-order valence-corrected chi connectivity index (χ1v) is 7.61. The molecule has 1 aromatic rings. The summed E-state index contributed by atoms with van der Waals surface area (Å²) in [5, 5.41) is 1.92. The Balaban J connectivity index is 2.71. The lowest BCUT2D eigenvalue weighted by atomic mass is 10.3. The largest absolute Gasteiger partial charge is 0.216 e.